The van der Waals surface area contributed by atoms with E-state index < -0.39 is 0 Å². The van der Waals surface area contributed by atoms with E-state index in [1.54, 1.807) is 4.90 Å². The van der Waals surface area contributed by atoms with Crippen molar-refractivity contribution in [1.29, 1.82) is 0 Å². The highest BCUT2D eigenvalue weighted by Gasteiger charge is 2.43. The van der Waals surface area contributed by atoms with Gasteiger partial charge in [-0.05, 0) is 12.8 Å². The number of nitrogens with zero attached hydrogens (tertiary/aromatic N) is 2. The molecule has 0 bridgehead atoms. The second kappa shape index (κ2) is 5.63. The average molecular weight is 297 g/mol. The number of likely N-dealkylation sites (tertiary alicyclic amines) is 1. The highest BCUT2D eigenvalue weighted by atomic mass is 32.2. The summed E-state index contributed by atoms with van der Waals surface area (Å²) in [5, 5.41) is 2.87. The van der Waals surface area contributed by atoms with Crippen LogP contribution in [0.4, 0.5) is 9.59 Å². The lowest BCUT2D eigenvalue weighted by Gasteiger charge is -2.43. The van der Waals surface area contributed by atoms with Gasteiger partial charge in [-0.15, -0.1) is 0 Å². The second-order valence-corrected chi connectivity index (χ2v) is 6.59. The summed E-state index contributed by atoms with van der Waals surface area (Å²) in [6.45, 7) is 0.938. The van der Waals surface area contributed by atoms with Crippen molar-refractivity contribution in [2.45, 2.75) is 44.2 Å². The molecule has 0 spiro atoms. The molecule has 4 amide bonds. The van der Waals surface area contributed by atoms with E-state index in [4.69, 9.17) is 0 Å². The number of amides is 4. The van der Waals surface area contributed by atoms with Crippen molar-refractivity contribution < 1.29 is 14.4 Å². The number of rotatable bonds is 2. The summed E-state index contributed by atoms with van der Waals surface area (Å²) < 4.78 is 0. The maximum absolute atomic E-state index is 12.0. The van der Waals surface area contributed by atoms with Gasteiger partial charge in [-0.1, -0.05) is 31.0 Å². The summed E-state index contributed by atoms with van der Waals surface area (Å²) in [6, 6.07) is 0.114. The lowest BCUT2D eigenvalue weighted by Crippen LogP contribution is -2.64. The molecule has 0 atom stereocenters. The Morgan fingerprint density at radius 1 is 1.15 bits per heavy atom. The fourth-order valence-electron chi connectivity index (χ4n) is 3.01. The molecule has 3 fully saturated rings. The van der Waals surface area contributed by atoms with Crippen molar-refractivity contribution in [3.8, 4) is 0 Å². The van der Waals surface area contributed by atoms with Crippen LogP contribution in [0.5, 0.6) is 0 Å². The van der Waals surface area contributed by atoms with Gasteiger partial charge < -0.3 is 10.2 Å². The van der Waals surface area contributed by atoms with Crippen LogP contribution >= 0.6 is 11.8 Å². The number of imide groups is 1. The van der Waals surface area contributed by atoms with E-state index >= 15 is 0 Å². The monoisotopic (exact) mass is 297 g/mol. The second-order valence-electron chi connectivity index (χ2n) is 5.66. The molecule has 3 aliphatic rings. The summed E-state index contributed by atoms with van der Waals surface area (Å²) in [6.07, 6.45) is 5.74. The van der Waals surface area contributed by atoms with Crippen LogP contribution in [-0.2, 0) is 4.79 Å². The molecule has 1 saturated carbocycles. The number of nitrogens with one attached hydrogen (secondary N) is 1. The fraction of sp³-hybridized carbons (Fsp3) is 0.769. The molecule has 2 heterocycles. The van der Waals surface area contributed by atoms with Crippen LogP contribution in [0.2, 0.25) is 0 Å². The molecule has 0 radical (unpaired) electrons. The van der Waals surface area contributed by atoms with E-state index in [9.17, 15) is 14.4 Å². The van der Waals surface area contributed by atoms with Crippen LogP contribution < -0.4 is 5.32 Å². The first-order chi connectivity index (χ1) is 9.65. The average Bonchev–Trinajstić information content (AvgIpc) is 2.70. The van der Waals surface area contributed by atoms with Crippen LogP contribution in [0.15, 0.2) is 0 Å². The highest BCUT2D eigenvalue weighted by molar-refractivity contribution is 8.14. The van der Waals surface area contributed by atoms with E-state index in [2.05, 4.69) is 5.32 Å². The molecule has 1 aliphatic carbocycles. The Labute approximate surface area is 122 Å². The standard InChI is InChI=1S/C13H19N3O3S/c17-11-8-20-13(19)16(11)10-6-15(7-10)12(18)14-9-4-2-1-3-5-9/h9-10H,1-8H2,(H,14,18). The molecular weight excluding hydrogens is 278 g/mol. The number of urea groups is 1. The van der Waals surface area contributed by atoms with Crippen LogP contribution in [0, 0.1) is 0 Å². The first-order valence-electron chi connectivity index (χ1n) is 7.19. The van der Waals surface area contributed by atoms with Crippen molar-refractivity contribution >= 4 is 28.9 Å². The van der Waals surface area contributed by atoms with Gasteiger partial charge in [-0.25, -0.2) is 4.79 Å². The van der Waals surface area contributed by atoms with Crippen LogP contribution in [-0.4, -0.2) is 57.9 Å². The van der Waals surface area contributed by atoms with Gasteiger partial charge >= 0.3 is 6.03 Å². The third-order valence-electron chi connectivity index (χ3n) is 4.23. The Bertz CT molecular complexity index is 415. The number of hydrogen-bond donors (Lipinski definition) is 1. The molecule has 2 saturated heterocycles. The van der Waals surface area contributed by atoms with E-state index in [0.717, 1.165) is 24.6 Å². The molecule has 6 nitrogen and oxygen atoms in total. The van der Waals surface area contributed by atoms with Crippen molar-refractivity contribution in [3.05, 3.63) is 0 Å². The normalized spacial score (nSPS) is 25.0. The number of carbonyl (C=O) groups is 3. The maximum Gasteiger partial charge on any atom is 0.317 e. The van der Waals surface area contributed by atoms with Gasteiger partial charge in [0.2, 0.25) is 5.91 Å². The molecule has 7 heteroatoms. The molecule has 20 heavy (non-hydrogen) atoms. The highest BCUT2D eigenvalue weighted by Crippen LogP contribution is 2.26. The predicted molar refractivity (Wildman–Crippen MR) is 75.5 cm³/mol. The van der Waals surface area contributed by atoms with E-state index in [1.165, 1.54) is 24.2 Å². The Balaban J connectivity index is 1.46. The summed E-state index contributed by atoms with van der Waals surface area (Å²) in [5.41, 5.74) is 0. The Morgan fingerprint density at radius 3 is 2.45 bits per heavy atom. The smallest absolute Gasteiger partial charge is 0.317 e. The van der Waals surface area contributed by atoms with Gasteiger partial charge in [0.25, 0.3) is 5.24 Å². The van der Waals surface area contributed by atoms with Crippen molar-refractivity contribution in [1.82, 2.24) is 15.1 Å². The fourth-order valence-corrected chi connectivity index (χ4v) is 3.79. The van der Waals surface area contributed by atoms with E-state index in [0.29, 0.717) is 19.1 Å². The minimum Gasteiger partial charge on any atom is -0.335 e. The molecule has 0 aromatic heterocycles. The zero-order valence-corrected chi connectivity index (χ0v) is 12.2. The third-order valence-corrected chi connectivity index (χ3v) is 5.07. The molecule has 0 aromatic carbocycles. The molecule has 2 aliphatic heterocycles. The zero-order valence-electron chi connectivity index (χ0n) is 11.3. The number of hydrogen-bond acceptors (Lipinski definition) is 4. The lowest BCUT2D eigenvalue weighted by molar-refractivity contribution is -0.128. The van der Waals surface area contributed by atoms with Gasteiger partial charge in [-0.2, -0.15) is 0 Å². The molecule has 1 N–H and O–H groups in total. The molecule has 110 valence electrons. The first-order valence-corrected chi connectivity index (χ1v) is 8.18. The molecule has 0 aromatic rings. The first kappa shape index (κ1) is 13.7. The van der Waals surface area contributed by atoms with Crippen LogP contribution in [0.3, 0.4) is 0 Å². The molecule has 0 unspecified atom stereocenters. The summed E-state index contributed by atoms with van der Waals surface area (Å²) in [7, 11) is 0. The molecular formula is C13H19N3O3S. The molecule has 3 rings (SSSR count). The predicted octanol–water partition coefficient (Wildman–Crippen LogP) is 1.41. The SMILES string of the molecule is O=C(NC1CCCCC1)N1CC(N2C(=O)CSC2=O)C1. The Morgan fingerprint density at radius 2 is 1.85 bits per heavy atom. The minimum absolute atomic E-state index is 0.0557. The number of thioether (sulfide) groups is 1. The summed E-state index contributed by atoms with van der Waals surface area (Å²) >= 11 is 1.05. The van der Waals surface area contributed by atoms with E-state index in [-0.39, 0.29) is 29.0 Å². The largest absolute Gasteiger partial charge is 0.335 e. The van der Waals surface area contributed by atoms with Crippen molar-refractivity contribution in [2.75, 3.05) is 18.8 Å². The van der Waals surface area contributed by atoms with Crippen molar-refractivity contribution in [3.63, 3.8) is 0 Å². The summed E-state index contributed by atoms with van der Waals surface area (Å²) in [5.74, 6) is 0.112. The zero-order chi connectivity index (χ0) is 14.1. The van der Waals surface area contributed by atoms with Gasteiger partial charge in [0.15, 0.2) is 0 Å². The quantitative estimate of drug-likeness (QED) is 0.836. The van der Waals surface area contributed by atoms with Gasteiger partial charge in [0, 0.05) is 19.1 Å². The number of carbonyl (C=O) groups excluding carboxylic acids is 3. The Hall–Kier alpha value is -1.24. The van der Waals surface area contributed by atoms with Crippen LogP contribution in [0.25, 0.3) is 0 Å². The van der Waals surface area contributed by atoms with E-state index in [1.807, 2.05) is 0 Å². The van der Waals surface area contributed by atoms with Crippen molar-refractivity contribution in [2.24, 2.45) is 0 Å². The third kappa shape index (κ3) is 2.63. The lowest BCUT2D eigenvalue weighted by atomic mass is 9.95. The van der Waals surface area contributed by atoms with Gasteiger partial charge in [-0.3, -0.25) is 14.5 Å². The summed E-state index contributed by atoms with van der Waals surface area (Å²) in [4.78, 5) is 38.2. The van der Waals surface area contributed by atoms with Crippen LogP contribution in [0.1, 0.15) is 32.1 Å². The minimum atomic E-state index is -0.174. The Kier molecular flexibility index (Phi) is 3.87. The topological polar surface area (TPSA) is 69.7 Å². The van der Waals surface area contributed by atoms with Gasteiger partial charge in [0.05, 0.1) is 11.8 Å². The maximum atomic E-state index is 12.0. The van der Waals surface area contributed by atoms with Gasteiger partial charge in [0.1, 0.15) is 0 Å².